The molecule has 0 aliphatic heterocycles. The van der Waals surface area contributed by atoms with Crippen molar-refractivity contribution in [1.29, 1.82) is 0 Å². The molecule has 11 nitrogen and oxygen atoms in total. The van der Waals surface area contributed by atoms with Gasteiger partial charge in [0.15, 0.2) is 0 Å². The van der Waals surface area contributed by atoms with Crippen LogP contribution >= 0.6 is 0 Å². The van der Waals surface area contributed by atoms with Crippen LogP contribution < -0.4 is 35.5 Å². The van der Waals surface area contributed by atoms with Gasteiger partial charge in [-0.25, -0.2) is 0 Å². The Morgan fingerprint density at radius 2 is 1.08 bits per heavy atom. The number of rotatable bonds is 13. The molecular weight excluding hydrogens is 498 g/mol. The van der Waals surface area contributed by atoms with Gasteiger partial charge >= 0.3 is 0 Å². The van der Waals surface area contributed by atoms with Gasteiger partial charge in [0.25, 0.3) is 0 Å². The molecule has 1 heterocycles. The van der Waals surface area contributed by atoms with E-state index in [4.69, 9.17) is 14.2 Å². The predicted molar refractivity (Wildman–Crippen MR) is 152 cm³/mol. The molecule has 202 valence electrons. The number of hydrogen-bond donors (Lipinski definition) is 4. The van der Waals surface area contributed by atoms with E-state index in [1.807, 2.05) is 62.4 Å². The lowest BCUT2D eigenvalue weighted by molar-refractivity contribution is -0.114. The number of nitrogens with one attached hydrogen (secondary N) is 4. The number of anilines is 6. The molecule has 4 N–H and O–H groups in total. The van der Waals surface area contributed by atoms with E-state index in [-0.39, 0.29) is 18.4 Å². The quantitative estimate of drug-likeness (QED) is 0.183. The van der Waals surface area contributed by atoms with Crippen molar-refractivity contribution in [3.8, 4) is 17.2 Å². The second-order valence-electron chi connectivity index (χ2n) is 8.10. The first-order chi connectivity index (χ1) is 19.0. The number of benzene rings is 3. The Morgan fingerprint density at radius 3 is 1.54 bits per heavy atom. The molecule has 4 aromatic rings. The average molecular weight is 530 g/mol. The Balaban J connectivity index is 1.48. The first kappa shape index (κ1) is 27.0. The van der Waals surface area contributed by atoms with Crippen molar-refractivity contribution in [2.75, 3.05) is 48.1 Å². The molecule has 1 amide bonds. The fourth-order valence-corrected chi connectivity index (χ4v) is 3.47. The van der Waals surface area contributed by atoms with E-state index in [0.717, 1.165) is 22.9 Å². The Bertz CT molecular complexity index is 1280. The molecular formula is C28H31N7O4. The molecule has 0 bridgehead atoms. The van der Waals surface area contributed by atoms with E-state index >= 15 is 0 Å². The van der Waals surface area contributed by atoms with Crippen LogP contribution in [0.25, 0.3) is 0 Å². The summed E-state index contributed by atoms with van der Waals surface area (Å²) in [6.45, 7) is 4.98. The average Bonchev–Trinajstić information content (AvgIpc) is 2.95. The number of methoxy groups -OCH3 is 1. The SMILES string of the molecule is CCOc1ccc(Nc2nc(NCC(=O)Nc3ccc(OC)cc3)nc(Nc3ccc(OCC)cc3)n2)cc1. The summed E-state index contributed by atoms with van der Waals surface area (Å²) in [5, 5.41) is 12.1. The normalized spacial score (nSPS) is 10.3. The first-order valence-corrected chi connectivity index (χ1v) is 12.5. The molecule has 0 atom stereocenters. The van der Waals surface area contributed by atoms with Crippen molar-refractivity contribution in [2.45, 2.75) is 13.8 Å². The molecule has 0 radical (unpaired) electrons. The number of aromatic nitrogens is 3. The third kappa shape index (κ3) is 8.22. The number of amides is 1. The molecule has 0 fully saturated rings. The monoisotopic (exact) mass is 529 g/mol. The maximum atomic E-state index is 12.5. The minimum Gasteiger partial charge on any atom is -0.497 e. The second kappa shape index (κ2) is 13.5. The van der Waals surface area contributed by atoms with Gasteiger partial charge in [0.2, 0.25) is 23.8 Å². The fourth-order valence-electron chi connectivity index (χ4n) is 3.47. The van der Waals surface area contributed by atoms with Gasteiger partial charge in [-0.1, -0.05) is 0 Å². The molecule has 0 spiro atoms. The number of nitrogens with zero attached hydrogens (tertiary/aromatic N) is 3. The maximum Gasteiger partial charge on any atom is 0.243 e. The molecule has 0 aliphatic rings. The van der Waals surface area contributed by atoms with Crippen LogP contribution in [0, 0.1) is 0 Å². The van der Waals surface area contributed by atoms with Crippen molar-refractivity contribution in [3.63, 3.8) is 0 Å². The van der Waals surface area contributed by atoms with E-state index in [1.165, 1.54) is 0 Å². The Labute approximate surface area is 227 Å². The highest BCUT2D eigenvalue weighted by molar-refractivity contribution is 5.93. The van der Waals surface area contributed by atoms with Gasteiger partial charge in [-0.2, -0.15) is 15.0 Å². The summed E-state index contributed by atoms with van der Waals surface area (Å²) in [4.78, 5) is 25.9. The van der Waals surface area contributed by atoms with Gasteiger partial charge in [0.1, 0.15) is 17.2 Å². The summed E-state index contributed by atoms with van der Waals surface area (Å²) in [6.07, 6.45) is 0. The van der Waals surface area contributed by atoms with Crippen molar-refractivity contribution >= 4 is 40.8 Å². The fraction of sp³-hybridized carbons (Fsp3) is 0.214. The summed E-state index contributed by atoms with van der Waals surface area (Å²) in [6, 6.07) is 21.9. The molecule has 39 heavy (non-hydrogen) atoms. The lowest BCUT2D eigenvalue weighted by atomic mass is 10.3. The molecule has 0 aliphatic carbocycles. The number of carbonyl (C=O) groups is 1. The predicted octanol–water partition coefficient (Wildman–Crippen LogP) is 5.22. The third-order valence-electron chi connectivity index (χ3n) is 5.26. The summed E-state index contributed by atoms with van der Waals surface area (Å²) < 4.78 is 16.2. The van der Waals surface area contributed by atoms with E-state index in [0.29, 0.717) is 36.5 Å². The van der Waals surface area contributed by atoms with Crippen LogP contribution in [-0.2, 0) is 4.79 Å². The molecule has 0 unspecified atom stereocenters. The Morgan fingerprint density at radius 1 is 0.641 bits per heavy atom. The van der Waals surface area contributed by atoms with Crippen LogP contribution in [0.3, 0.4) is 0 Å². The van der Waals surface area contributed by atoms with Gasteiger partial charge in [-0.3, -0.25) is 4.79 Å². The van der Waals surface area contributed by atoms with Gasteiger partial charge in [0.05, 0.1) is 26.9 Å². The molecule has 11 heteroatoms. The van der Waals surface area contributed by atoms with Crippen LogP contribution in [0.2, 0.25) is 0 Å². The topological polar surface area (TPSA) is 132 Å². The molecule has 0 saturated carbocycles. The van der Waals surface area contributed by atoms with Crippen LogP contribution in [0.5, 0.6) is 17.2 Å². The summed E-state index contributed by atoms with van der Waals surface area (Å²) in [5.74, 6) is 2.78. The Hall–Kier alpha value is -5.06. The van der Waals surface area contributed by atoms with Crippen molar-refractivity contribution in [1.82, 2.24) is 15.0 Å². The molecule has 4 rings (SSSR count). The van der Waals surface area contributed by atoms with Crippen molar-refractivity contribution in [2.24, 2.45) is 0 Å². The largest absolute Gasteiger partial charge is 0.497 e. The minimum atomic E-state index is -0.261. The lowest BCUT2D eigenvalue weighted by Gasteiger charge is -2.12. The highest BCUT2D eigenvalue weighted by atomic mass is 16.5. The lowest BCUT2D eigenvalue weighted by Crippen LogP contribution is -2.23. The van der Waals surface area contributed by atoms with E-state index < -0.39 is 0 Å². The zero-order valence-electron chi connectivity index (χ0n) is 22.0. The minimum absolute atomic E-state index is 0.0545. The smallest absolute Gasteiger partial charge is 0.243 e. The van der Waals surface area contributed by atoms with Gasteiger partial charge in [0, 0.05) is 17.1 Å². The second-order valence-corrected chi connectivity index (χ2v) is 8.10. The summed E-state index contributed by atoms with van der Waals surface area (Å²) in [7, 11) is 1.59. The maximum absolute atomic E-state index is 12.5. The first-order valence-electron chi connectivity index (χ1n) is 12.5. The molecule has 0 saturated heterocycles. The van der Waals surface area contributed by atoms with E-state index in [2.05, 4.69) is 36.2 Å². The molecule has 3 aromatic carbocycles. The molecule has 1 aromatic heterocycles. The van der Waals surface area contributed by atoms with Gasteiger partial charge in [-0.15, -0.1) is 0 Å². The summed E-state index contributed by atoms with van der Waals surface area (Å²) in [5.41, 5.74) is 2.17. The standard InChI is InChI=1S/C28H31N7O4/c1-4-38-23-14-8-20(9-15-23)31-27-33-26(29-18-25(36)30-19-6-12-22(37-3)13-7-19)34-28(35-27)32-21-10-16-24(17-11-21)39-5-2/h6-17H,4-5,18H2,1-3H3,(H,30,36)(H3,29,31,32,33,34,35). The number of ether oxygens (including phenoxy) is 3. The van der Waals surface area contributed by atoms with Crippen LogP contribution in [-0.4, -0.2) is 47.7 Å². The van der Waals surface area contributed by atoms with Crippen LogP contribution in [0.1, 0.15) is 13.8 Å². The highest BCUT2D eigenvalue weighted by Gasteiger charge is 2.10. The van der Waals surface area contributed by atoms with E-state index in [1.54, 1.807) is 31.4 Å². The van der Waals surface area contributed by atoms with Gasteiger partial charge < -0.3 is 35.5 Å². The zero-order chi connectivity index (χ0) is 27.5. The van der Waals surface area contributed by atoms with Gasteiger partial charge in [-0.05, 0) is 86.6 Å². The zero-order valence-corrected chi connectivity index (χ0v) is 22.0. The Kier molecular flexibility index (Phi) is 9.32. The number of hydrogen-bond acceptors (Lipinski definition) is 10. The van der Waals surface area contributed by atoms with E-state index in [9.17, 15) is 4.79 Å². The van der Waals surface area contributed by atoms with Crippen LogP contribution in [0.15, 0.2) is 72.8 Å². The van der Waals surface area contributed by atoms with Crippen molar-refractivity contribution < 1.29 is 19.0 Å². The van der Waals surface area contributed by atoms with Crippen LogP contribution in [0.4, 0.5) is 34.9 Å². The number of carbonyl (C=O) groups excluding carboxylic acids is 1. The summed E-state index contributed by atoms with van der Waals surface area (Å²) >= 11 is 0. The highest BCUT2D eigenvalue weighted by Crippen LogP contribution is 2.22. The third-order valence-corrected chi connectivity index (χ3v) is 5.26. The van der Waals surface area contributed by atoms with Crippen molar-refractivity contribution in [3.05, 3.63) is 72.8 Å².